The Bertz CT molecular complexity index is 238. The SMILES string of the molecule is O=C(O)C(O)CNC(=O)[C@H]1CCCNC1. The topological polar surface area (TPSA) is 98.7 Å². The zero-order valence-corrected chi connectivity index (χ0v) is 8.40. The van der Waals surface area contributed by atoms with Crippen molar-refractivity contribution in [3.63, 3.8) is 0 Å². The number of aliphatic carboxylic acids is 1. The summed E-state index contributed by atoms with van der Waals surface area (Å²) >= 11 is 0. The van der Waals surface area contributed by atoms with Crippen LogP contribution in [0.4, 0.5) is 0 Å². The molecule has 1 heterocycles. The lowest BCUT2D eigenvalue weighted by atomic mass is 9.99. The molecule has 0 aromatic heterocycles. The minimum Gasteiger partial charge on any atom is -0.479 e. The van der Waals surface area contributed by atoms with E-state index in [-0.39, 0.29) is 18.4 Å². The Labute approximate surface area is 87.7 Å². The molecule has 0 saturated carbocycles. The van der Waals surface area contributed by atoms with Gasteiger partial charge in [-0.15, -0.1) is 0 Å². The van der Waals surface area contributed by atoms with Gasteiger partial charge in [-0.2, -0.15) is 0 Å². The van der Waals surface area contributed by atoms with Crippen LogP contribution in [0.1, 0.15) is 12.8 Å². The molecular weight excluding hydrogens is 200 g/mol. The van der Waals surface area contributed by atoms with E-state index in [0.717, 1.165) is 19.4 Å². The largest absolute Gasteiger partial charge is 0.479 e. The van der Waals surface area contributed by atoms with Gasteiger partial charge < -0.3 is 20.8 Å². The number of aliphatic hydroxyl groups is 1. The Kier molecular flexibility index (Phi) is 4.51. The second-order valence-corrected chi connectivity index (χ2v) is 3.64. The Morgan fingerprint density at radius 1 is 1.53 bits per heavy atom. The maximum Gasteiger partial charge on any atom is 0.334 e. The summed E-state index contributed by atoms with van der Waals surface area (Å²) in [6.07, 6.45) is 0.229. The van der Waals surface area contributed by atoms with E-state index in [1.807, 2.05) is 0 Å². The quantitative estimate of drug-likeness (QED) is 0.461. The molecule has 1 saturated heterocycles. The van der Waals surface area contributed by atoms with E-state index in [4.69, 9.17) is 10.2 Å². The smallest absolute Gasteiger partial charge is 0.334 e. The van der Waals surface area contributed by atoms with E-state index in [1.165, 1.54) is 0 Å². The molecule has 0 spiro atoms. The summed E-state index contributed by atoms with van der Waals surface area (Å²) in [6, 6.07) is 0. The van der Waals surface area contributed by atoms with Crippen LogP contribution in [0.3, 0.4) is 0 Å². The third kappa shape index (κ3) is 3.85. The number of amides is 1. The van der Waals surface area contributed by atoms with Gasteiger partial charge in [-0.1, -0.05) is 0 Å². The molecule has 1 amide bonds. The van der Waals surface area contributed by atoms with Crippen LogP contribution in [0, 0.1) is 5.92 Å². The molecule has 6 nitrogen and oxygen atoms in total. The summed E-state index contributed by atoms with van der Waals surface area (Å²) < 4.78 is 0. The summed E-state index contributed by atoms with van der Waals surface area (Å²) in [7, 11) is 0. The van der Waals surface area contributed by atoms with Gasteiger partial charge in [0.05, 0.1) is 12.5 Å². The minimum atomic E-state index is -1.52. The molecule has 0 radical (unpaired) electrons. The summed E-state index contributed by atoms with van der Waals surface area (Å²) in [5, 5.41) is 22.8. The lowest BCUT2D eigenvalue weighted by Gasteiger charge is -2.22. The average molecular weight is 216 g/mol. The van der Waals surface area contributed by atoms with Crippen molar-refractivity contribution in [3.8, 4) is 0 Å². The molecule has 1 fully saturated rings. The van der Waals surface area contributed by atoms with E-state index >= 15 is 0 Å². The number of carbonyl (C=O) groups excluding carboxylic acids is 1. The Morgan fingerprint density at radius 2 is 2.27 bits per heavy atom. The molecule has 1 aliphatic heterocycles. The van der Waals surface area contributed by atoms with Crippen molar-refractivity contribution in [1.29, 1.82) is 0 Å². The number of carbonyl (C=O) groups is 2. The lowest BCUT2D eigenvalue weighted by molar-refractivity contribution is -0.146. The van der Waals surface area contributed by atoms with Crippen LogP contribution in [-0.2, 0) is 9.59 Å². The fourth-order valence-electron chi connectivity index (χ4n) is 1.50. The standard InChI is InChI=1S/C9H16N2O4/c12-7(9(14)15)5-11-8(13)6-2-1-3-10-4-6/h6-7,10,12H,1-5H2,(H,11,13)(H,14,15)/t6-,7?/m0/s1. The minimum absolute atomic E-state index is 0.111. The van der Waals surface area contributed by atoms with Crippen LogP contribution in [0.25, 0.3) is 0 Å². The second-order valence-electron chi connectivity index (χ2n) is 3.64. The van der Waals surface area contributed by atoms with Crippen LogP contribution in [0.2, 0.25) is 0 Å². The zero-order chi connectivity index (χ0) is 11.3. The Morgan fingerprint density at radius 3 is 2.80 bits per heavy atom. The number of aliphatic hydroxyl groups excluding tert-OH is 1. The molecule has 4 N–H and O–H groups in total. The van der Waals surface area contributed by atoms with E-state index < -0.39 is 12.1 Å². The zero-order valence-electron chi connectivity index (χ0n) is 8.40. The molecular formula is C9H16N2O4. The predicted octanol–water partition coefficient (Wildman–Crippen LogP) is -1.45. The lowest BCUT2D eigenvalue weighted by Crippen LogP contribution is -2.44. The monoisotopic (exact) mass is 216 g/mol. The van der Waals surface area contributed by atoms with E-state index in [1.54, 1.807) is 0 Å². The molecule has 1 aliphatic rings. The first-order valence-corrected chi connectivity index (χ1v) is 5.00. The fourth-order valence-corrected chi connectivity index (χ4v) is 1.50. The van der Waals surface area contributed by atoms with Crippen LogP contribution in [0.5, 0.6) is 0 Å². The Balaban J connectivity index is 2.25. The third-order valence-electron chi connectivity index (χ3n) is 2.42. The molecule has 15 heavy (non-hydrogen) atoms. The normalized spacial score (nSPS) is 23.1. The highest BCUT2D eigenvalue weighted by atomic mass is 16.4. The highest BCUT2D eigenvalue weighted by Gasteiger charge is 2.22. The van der Waals surface area contributed by atoms with Crippen molar-refractivity contribution < 1.29 is 19.8 Å². The summed E-state index contributed by atoms with van der Waals surface area (Å²) in [6.45, 7) is 1.31. The molecule has 0 bridgehead atoms. The van der Waals surface area contributed by atoms with Crippen LogP contribution >= 0.6 is 0 Å². The molecule has 0 aromatic carbocycles. The van der Waals surface area contributed by atoms with E-state index in [9.17, 15) is 9.59 Å². The highest BCUT2D eigenvalue weighted by molar-refractivity contribution is 5.80. The van der Waals surface area contributed by atoms with Gasteiger partial charge in [0.15, 0.2) is 6.10 Å². The van der Waals surface area contributed by atoms with Gasteiger partial charge in [-0.25, -0.2) is 4.79 Å². The van der Waals surface area contributed by atoms with Crippen molar-refractivity contribution in [2.75, 3.05) is 19.6 Å². The molecule has 0 aromatic rings. The van der Waals surface area contributed by atoms with Crippen molar-refractivity contribution in [2.24, 2.45) is 5.92 Å². The van der Waals surface area contributed by atoms with Gasteiger partial charge in [-0.05, 0) is 19.4 Å². The van der Waals surface area contributed by atoms with E-state index in [0.29, 0.717) is 6.54 Å². The molecule has 0 aliphatic carbocycles. The van der Waals surface area contributed by atoms with Crippen LogP contribution in [0.15, 0.2) is 0 Å². The molecule has 6 heteroatoms. The molecule has 2 atom stereocenters. The summed E-state index contributed by atoms with van der Waals surface area (Å²) in [5.41, 5.74) is 0. The van der Waals surface area contributed by atoms with Gasteiger partial charge in [0.25, 0.3) is 0 Å². The number of carboxylic acids is 1. The number of carboxylic acid groups (broad SMARTS) is 1. The maximum absolute atomic E-state index is 11.5. The van der Waals surface area contributed by atoms with Gasteiger partial charge in [-0.3, -0.25) is 4.79 Å². The van der Waals surface area contributed by atoms with Gasteiger partial charge in [0.2, 0.25) is 5.91 Å². The Hall–Kier alpha value is -1.14. The van der Waals surface area contributed by atoms with E-state index in [2.05, 4.69) is 10.6 Å². The number of nitrogens with one attached hydrogen (secondary N) is 2. The van der Waals surface area contributed by atoms with Crippen LogP contribution in [-0.4, -0.2) is 47.8 Å². The highest BCUT2D eigenvalue weighted by Crippen LogP contribution is 2.09. The van der Waals surface area contributed by atoms with Crippen molar-refractivity contribution in [2.45, 2.75) is 18.9 Å². The van der Waals surface area contributed by atoms with Crippen molar-refractivity contribution in [3.05, 3.63) is 0 Å². The number of hydrogen-bond acceptors (Lipinski definition) is 4. The van der Waals surface area contributed by atoms with Crippen LogP contribution < -0.4 is 10.6 Å². The number of piperidine rings is 1. The number of rotatable bonds is 4. The van der Waals surface area contributed by atoms with Gasteiger partial charge >= 0.3 is 5.97 Å². The second kappa shape index (κ2) is 5.67. The fraction of sp³-hybridized carbons (Fsp3) is 0.778. The third-order valence-corrected chi connectivity index (χ3v) is 2.42. The average Bonchev–Trinajstić information content (AvgIpc) is 2.26. The molecule has 1 rings (SSSR count). The van der Waals surface area contributed by atoms with Crippen molar-refractivity contribution in [1.82, 2.24) is 10.6 Å². The number of hydrogen-bond donors (Lipinski definition) is 4. The maximum atomic E-state index is 11.5. The van der Waals surface area contributed by atoms with Gasteiger partial charge in [0.1, 0.15) is 0 Å². The predicted molar refractivity (Wildman–Crippen MR) is 52.2 cm³/mol. The first-order valence-electron chi connectivity index (χ1n) is 5.00. The molecule has 86 valence electrons. The summed E-state index contributed by atoms with van der Waals surface area (Å²) in [4.78, 5) is 21.7. The van der Waals surface area contributed by atoms with Crippen molar-refractivity contribution >= 4 is 11.9 Å². The first-order chi connectivity index (χ1) is 7.11. The van der Waals surface area contributed by atoms with Gasteiger partial charge in [0, 0.05) is 6.54 Å². The molecule has 1 unspecified atom stereocenters. The first kappa shape index (κ1) is 11.9. The summed E-state index contributed by atoms with van der Waals surface area (Å²) in [5.74, 6) is -1.63.